The van der Waals surface area contributed by atoms with Gasteiger partial charge in [0.1, 0.15) is 5.00 Å². The molecule has 2 aliphatic heterocycles. The Balaban J connectivity index is 1.43. The Morgan fingerprint density at radius 2 is 2.04 bits per heavy atom. The van der Waals surface area contributed by atoms with E-state index in [9.17, 15) is 4.79 Å². The highest BCUT2D eigenvalue weighted by atomic mass is 32.1. The minimum Gasteiger partial charge on any atom is -0.378 e. The van der Waals surface area contributed by atoms with E-state index in [1.807, 2.05) is 24.3 Å². The highest BCUT2D eigenvalue weighted by molar-refractivity contribution is 7.12. The van der Waals surface area contributed by atoms with Crippen molar-refractivity contribution < 1.29 is 9.53 Å². The van der Waals surface area contributed by atoms with Crippen molar-refractivity contribution >= 4 is 28.1 Å². The van der Waals surface area contributed by atoms with Gasteiger partial charge >= 0.3 is 0 Å². The van der Waals surface area contributed by atoms with Gasteiger partial charge in [0.25, 0.3) is 5.91 Å². The van der Waals surface area contributed by atoms with Crippen LogP contribution in [0, 0.1) is 0 Å². The zero-order valence-electron chi connectivity index (χ0n) is 15.0. The zero-order chi connectivity index (χ0) is 18.4. The minimum absolute atomic E-state index is 0.108. The summed E-state index contributed by atoms with van der Waals surface area (Å²) in [4.78, 5) is 19.6. The lowest BCUT2D eigenvalue weighted by molar-refractivity contribution is -0.0670. The van der Waals surface area contributed by atoms with E-state index in [0.29, 0.717) is 17.8 Å². The Bertz CT molecular complexity index is 956. The van der Waals surface area contributed by atoms with Crippen LogP contribution >= 0.6 is 11.3 Å². The summed E-state index contributed by atoms with van der Waals surface area (Å²) in [5.74, 6) is -0.108. The third-order valence-electron chi connectivity index (χ3n) is 5.65. The number of carbonyl (C=O) groups is 1. The number of nitrogens with one attached hydrogen (secondary N) is 1. The second-order valence-corrected chi connectivity index (χ2v) is 8.13. The second kappa shape index (κ2) is 6.70. The van der Waals surface area contributed by atoms with Gasteiger partial charge in [-0.15, -0.1) is 11.3 Å². The molecule has 0 radical (unpaired) electrons. The molecule has 0 spiro atoms. The Morgan fingerprint density at radius 3 is 2.78 bits per heavy atom. The van der Waals surface area contributed by atoms with Gasteiger partial charge in [0.2, 0.25) is 0 Å². The maximum Gasteiger partial charge on any atom is 0.272 e. The standard InChI is InChI=1S/C19H21N5O2S/c1-23-13-6-12(7-14(23)10-26-9-13)21-19(25)18-15-4-2-3-5-16(15)24(22-18)17-8-20-11-27-17/h2-5,8,11-14H,6-7,9-10H2,1H3,(H,21,25). The van der Waals surface area contributed by atoms with Gasteiger partial charge in [-0.25, -0.2) is 4.68 Å². The first kappa shape index (κ1) is 16.9. The number of rotatable bonds is 3. The number of para-hydroxylation sites is 1. The number of morpholine rings is 1. The smallest absolute Gasteiger partial charge is 0.272 e. The molecule has 27 heavy (non-hydrogen) atoms. The fourth-order valence-electron chi connectivity index (χ4n) is 4.18. The molecule has 1 amide bonds. The Labute approximate surface area is 160 Å². The monoisotopic (exact) mass is 383 g/mol. The van der Waals surface area contributed by atoms with Gasteiger partial charge in [-0.2, -0.15) is 5.10 Å². The van der Waals surface area contributed by atoms with E-state index in [1.54, 1.807) is 16.4 Å². The summed E-state index contributed by atoms with van der Waals surface area (Å²) in [6.07, 6.45) is 3.59. The number of aromatic nitrogens is 3. The van der Waals surface area contributed by atoms with Crippen molar-refractivity contribution in [1.29, 1.82) is 0 Å². The van der Waals surface area contributed by atoms with Crippen molar-refractivity contribution in [3.8, 4) is 5.00 Å². The molecule has 3 aromatic rings. The maximum absolute atomic E-state index is 13.1. The number of piperidine rings is 1. The maximum atomic E-state index is 13.1. The normalized spacial score (nSPS) is 25.6. The highest BCUT2D eigenvalue weighted by Gasteiger charge is 2.37. The van der Waals surface area contributed by atoms with Gasteiger partial charge in [0.15, 0.2) is 5.69 Å². The number of fused-ring (bicyclic) bond motifs is 3. The van der Waals surface area contributed by atoms with Crippen LogP contribution in [0.3, 0.4) is 0 Å². The van der Waals surface area contributed by atoms with Crippen LogP contribution in [-0.2, 0) is 4.74 Å². The SMILES string of the molecule is CN1C2COCC1CC(NC(=O)c1nn(-c3cncs3)c3ccccc13)C2. The number of hydrogen-bond acceptors (Lipinski definition) is 6. The average Bonchev–Trinajstić information content (AvgIpc) is 3.30. The Morgan fingerprint density at radius 1 is 1.26 bits per heavy atom. The van der Waals surface area contributed by atoms with Gasteiger partial charge in [0.05, 0.1) is 30.4 Å². The summed E-state index contributed by atoms with van der Waals surface area (Å²) in [6, 6.07) is 8.72. The number of nitrogens with zero attached hydrogens (tertiary/aromatic N) is 4. The van der Waals surface area contributed by atoms with Gasteiger partial charge in [0, 0.05) is 23.5 Å². The van der Waals surface area contributed by atoms with Crippen molar-refractivity contribution in [3.05, 3.63) is 41.7 Å². The molecule has 2 bridgehead atoms. The molecule has 1 N–H and O–H groups in total. The molecule has 2 fully saturated rings. The number of amides is 1. The number of likely N-dealkylation sites (N-methyl/N-ethyl adjacent to an activating group) is 1. The number of ether oxygens (including phenoxy) is 1. The number of hydrogen-bond donors (Lipinski definition) is 1. The topological polar surface area (TPSA) is 72.3 Å². The molecule has 2 aromatic heterocycles. The number of carbonyl (C=O) groups excluding carboxylic acids is 1. The molecule has 0 saturated carbocycles. The van der Waals surface area contributed by atoms with Crippen LogP contribution in [0.4, 0.5) is 0 Å². The third kappa shape index (κ3) is 2.93. The summed E-state index contributed by atoms with van der Waals surface area (Å²) in [5.41, 5.74) is 3.16. The lowest BCUT2D eigenvalue weighted by atomic mass is 9.90. The first-order valence-corrected chi connectivity index (χ1v) is 10.1. The first-order chi connectivity index (χ1) is 13.2. The molecule has 2 atom stereocenters. The molecular formula is C19H21N5O2S. The minimum atomic E-state index is -0.108. The van der Waals surface area contributed by atoms with Crippen molar-refractivity contribution in [3.63, 3.8) is 0 Å². The summed E-state index contributed by atoms with van der Waals surface area (Å²) >= 11 is 1.50. The zero-order valence-corrected chi connectivity index (χ0v) is 15.9. The molecule has 4 heterocycles. The number of thiazole rings is 1. The van der Waals surface area contributed by atoms with E-state index in [1.165, 1.54) is 11.3 Å². The number of benzene rings is 1. The molecule has 2 aliphatic rings. The fraction of sp³-hybridized carbons (Fsp3) is 0.421. The molecule has 0 aliphatic carbocycles. The molecule has 1 aromatic carbocycles. The van der Waals surface area contributed by atoms with Crippen molar-refractivity contribution in [2.45, 2.75) is 31.0 Å². The largest absolute Gasteiger partial charge is 0.378 e. The van der Waals surface area contributed by atoms with Crippen molar-refractivity contribution in [1.82, 2.24) is 25.0 Å². The fourth-order valence-corrected chi connectivity index (χ4v) is 4.77. The summed E-state index contributed by atoms with van der Waals surface area (Å²) in [6.45, 7) is 1.48. The van der Waals surface area contributed by atoms with Crippen LogP contribution in [0.15, 0.2) is 36.0 Å². The Kier molecular flexibility index (Phi) is 4.18. The van der Waals surface area contributed by atoms with Gasteiger partial charge in [-0.3, -0.25) is 14.7 Å². The predicted octanol–water partition coefficient (Wildman–Crippen LogP) is 2.07. The summed E-state index contributed by atoms with van der Waals surface area (Å²) in [5, 5.41) is 9.61. The molecule has 140 valence electrons. The quantitative estimate of drug-likeness (QED) is 0.750. The van der Waals surface area contributed by atoms with Crippen LogP contribution in [-0.4, -0.2) is 64.0 Å². The lowest BCUT2D eigenvalue weighted by Gasteiger charge is -2.46. The predicted molar refractivity (Wildman–Crippen MR) is 103 cm³/mol. The van der Waals surface area contributed by atoms with E-state index in [4.69, 9.17) is 4.74 Å². The van der Waals surface area contributed by atoms with Crippen molar-refractivity contribution in [2.75, 3.05) is 20.3 Å². The summed E-state index contributed by atoms with van der Waals surface area (Å²) < 4.78 is 7.48. The van der Waals surface area contributed by atoms with Gasteiger partial charge < -0.3 is 10.1 Å². The van der Waals surface area contributed by atoms with E-state index >= 15 is 0 Å². The van der Waals surface area contributed by atoms with E-state index in [0.717, 1.165) is 42.0 Å². The third-order valence-corrected chi connectivity index (χ3v) is 6.40. The van der Waals surface area contributed by atoms with E-state index < -0.39 is 0 Å². The average molecular weight is 383 g/mol. The Hall–Kier alpha value is -2.29. The van der Waals surface area contributed by atoms with Gasteiger partial charge in [-0.05, 0) is 26.0 Å². The van der Waals surface area contributed by atoms with Crippen LogP contribution in [0.2, 0.25) is 0 Å². The molecule has 2 unspecified atom stereocenters. The second-order valence-electron chi connectivity index (χ2n) is 7.27. The van der Waals surface area contributed by atoms with Crippen LogP contribution in [0.1, 0.15) is 23.3 Å². The molecule has 5 rings (SSSR count). The van der Waals surface area contributed by atoms with Gasteiger partial charge in [-0.1, -0.05) is 18.2 Å². The molecular weight excluding hydrogens is 362 g/mol. The van der Waals surface area contributed by atoms with Crippen LogP contribution in [0.5, 0.6) is 0 Å². The van der Waals surface area contributed by atoms with Crippen LogP contribution < -0.4 is 5.32 Å². The van der Waals surface area contributed by atoms with E-state index in [2.05, 4.69) is 27.3 Å². The first-order valence-electron chi connectivity index (χ1n) is 9.18. The van der Waals surface area contributed by atoms with Crippen LogP contribution in [0.25, 0.3) is 15.9 Å². The molecule has 8 heteroatoms. The summed E-state index contributed by atoms with van der Waals surface area (Å²) in [7, 11) is 2.15. The van der Waals surface area contributed by atoms with Crippen molar-refractivity contribution in [2.24, 2.45) is 0 Å². The molecule has 2 saturated heterocycles. The lowest BCUT2D eigenvalue weighted by Crippen LogP contribution is -2.59. The van der Waals surface area contributed by atoms with E-state index in [-0.39, 0.29) is 11.9 Å². The highest BCUT2D eigenvalue weighted by Crippen LogP contribution is 2.27. The molecule has 7 nitrogen and oxygen atoms in total.